The van der Waals surface area contributed by atoms with Gasteiger partial charge in [-0.1, -0.05) is 42.5 Å². The highest BCUT2D eigenvalue weighted by atomic mass is 32.2. The molecule has 0 saturated heterocycles. The predicted octanol–water partition coefficient (Wildman–Crippen LogP) is 4.85. The Labute approximate surface area is 174 Å². The lowest BCUT2D eigenvalue weighted by Crippen LogP contribution is -2.38. The maximum absolute atomic E-state index is 13.4. The van der Waals surface area contributed by atoms with Gasteiger partial charge in [-0.2, -0.15) is 0 Å². The molecule has 1 N–H and O–H groups in total. The van der Waals surface area contributed by atoms with Crippen molar-refractivity contribution in [2.45, 2.75) is 20.4 Å². The maximum Gasteiger partial charge on any atom is 0.270 e. The average molecular weight is 425 g/mol. The van der Waals surface area contributed by atoms with Gasteiger partial charge in [0, 0.05) is 11.9 Å². The van der Waals surface area contributed by atoms with E-state index >= 15 is 0 Å². The van der Waals surface area contributed by atoms with Crippen molar-refractivity contribution in [1.82, 2.24) is 0 Å². The largest absolute Gasteiger partial charge is 0.360 e. The van der Waals surface area contributed by atoms with Crippen LogP contribution in [0.15, 0.2) is 71.1 Å². The molecule has 2 aromatic carbocycles. The Kier molecular flexibility index (Phi) is 5.02. The summed E-state index contributed by atoms with van der Waals surface area (Å²) >= 11 is 1.26. The number of carbonyl (C=O) groups is 1. The van der Waals surface area contributed by atoms with Gasteiger partial charge >= 0.3 is 0 Å². The van der Waals surface area contributed by atoms with Crippen LogP contribution in [-0.4, -0.2) is 14.2 Å². The number of anilines is 2. The lowest BCUT2D eigenvalue weighted by atomic mass is 10.1. The summed E-state index contributed by atoms with van der Waals surface area (Å²) in [6.07, 6.45) is 1.32. The van der Waals surface area contributed by atoms with E-state index in [-0.39, 0.29) is 11.4 Å². The molecule has 1 aliphatic heterocycles. The van der Waals surface area contributed by atoms with Crippen molar-refractivity contribution in [2.24, 2.45) is 0 Å². The van der Waals surface area contributed by atoms with Gasteiger partial charge in [0.25, 0.3) is 10.0 Å². The highest BCUT2D eigenvalue weighted by molar-refractivity contribution is 7.97. The number of Topliss-reactive ketones (excluding diaryl/α,β-unsaturated/α-hetero) is 1. The van der Waals surface area contributed by atoms with E-state index in [1.807, 2.05) is 62.4 Å². The number of hydrogen-bond acceptors (Lipinski definition) is 5. The highest BCUT2D eigenvalue weighted by Gasteiger charge is 2.41. The van der Waals surface area contributed by atoms with Gasteiger partial charge in [0.05, 0.1) is 12.2 Å². The van der Waals surface area contributed by atoms with Crippen molar-refractivity contribution < 1.29 is 13.2 Å². The van der Waals surface area contributed by atoms with E-state index in [1.54, 1.807) is 11.4 Å². The number of fused-ring (bicyclic) bond motifs is 1. The number of nitrogens with one attached hydrogen (secondary N) is 1. The lowest BCUT2D eigenvalue weighted by molar-refractivity contribution is 0.104. The number of ketones is 1. The second-order valence-electron chi connectivity index (χ2n) is 6.86. The van der Waals surface area contributed by atoms with Gasteiger partial charge in [0.1, 0.15) is 4.88 Å². The van der Waals surface area contributed by atoms with E-state index in [2.05, 4.69) is 5.32 Å². The van der Waals surface area contributed by atoms with Crippen molar-refractivity contribution in [3.8, 4) is 0 Å². The number of sulfonamides is 1. The van der Waals surface area contributed by atoms with Crippen LogP contribution in [0, 0.1) is 13.8 Å². The molecule has 0 aliphatic carbocycles. The number of hydrogen-bond donors (Lipinski definition) is 1. The maximum atomic E-state index is 13.4. The van der Waals surface area contributed by atoms with Gasteiger partial charge in [0.2, 0.25) is 5.78 Å². The molecule has 0 fully saturated rings. The molecule has 1 aromatic heterocycles. The quantitative estimate of drug-likeness (QED) is 0.608. The third-order valence-corrected chi connectivity index (χ3v) is 7.71. The van der Waals surface area contributed by atoms with Crippen molar-refractivity contribution in [3.63, 3.8) is 0 Å². The van der Waals surface area contributed by atoms with Crippen LogP contribution >= 0.6 is 11.3 Å². The van der Waals surface area contributed by atoms with Crippen LogP contribution in [-0.2, 0) is 16.6 Å². The summed E-state index contributed by atoms with van der Waals surface area (Å²) in [6, 6.07) is 16.8. The van der Waals surface area contributed by atoms with Crippen LogP contribution in [0.3, 0.4) is 0 Å². The minimum Gasteiger partial charge on any atom is -0.360 e. The highest BCUT2D eigenvalue weighted by Crippen LogP contribution is 2.39. The molecular formula is C22H20N2O3S2. The summed E-state index contributed by atoms with van der Waals surface area (Å²) in [7, 11) is -4.00. The molecule has 29 heavy (non-hydrogen) atoms. The van der Waals surface area contributed by atoms with E-state index < -0.39 is 15.8 Å². The first kappa shape index (κ1) is 19.4. The Morgan fingerprint density at radius 2 is 1.79 bits per heavy atom. The normalized spacial score (nSPS) is 16.7. The van der Waals surface area contributed by atoms with E-state index in [4.69, 9.17) is 0 Å². The number of rotatable bonds is 4. The number of allylic oxidation sites excluding steroid dienone is 1. The Bertz CT molecular complexity index is 1210. The second kappa shape index (κ2) is 7.50. The molecular weight excluding hydrogens is 404 g/mol. The zero-order valence-electron chi connectivity index (χ0n) is 16.0. The van der Waals surface area contributed by atoms with Crippen LogP contribution in [0.2, 0.25) is 0 Å². The number of nitrogens with zero attached hydrogens (tertiary/aromatic N) is 1. The Morgan fingerprint density at radius 1 is 1.03 bits per heavy atom. The van der Waals surface area contributed by atoms with Crippen molar-refractivity contribution >= 4 is 38.5 Å². The van der Waals surface area contributed by atoms with Crippen LogP contribution < -0.4 is 9.62 Å². The van der Waals surface area contributed by atoms with Crippen molar-refractivity contribution in [3.05, 3.63) is 92.6 Å². The van der Waals surface area contributed by atoms with Gasteiger partial charge in [-0.05, 0) is 48.1 Å². The molecule has 7 heteroatoms. The molecule has 0 spiro atoms. The molecule has 4 rings (SSSR count). The summed E-state index contributed by atoms with van der Waals surface area (Å²) in [4.78, 5) is 13.1. The van der Waals surface area contributed by atoms with Gasteiger partial charge in [-0.3, -0.25) is 9.10 Å². The third kappa shape index (κ3) is 3.47. The standard InChI is InChI=1S/C22H20N2O3S2/c1-15-7-6-10-18(16(15)2)23-13-20-21(25)22-19(11-12-28-22)24(29(20,26)27)14-17-8-4-3-5-9-17/h3-13,23H,14H2,1-2H3. The fraction of sp³-hybridized carbons (Fsp3) is 0.136. The van der Waals surface area contributed by atoms with Crippen LogP contribution in [0.4, 0.5) is 11.4 Å². The first-order valence-electron chi connectivity index (χ1n) is 9.11. The summed E-state index contributed by atoms with van der Waals surface area (Å²) < 4.78 is 28.0. The zero-order valence-corrected chi connectivity index (χ0v) is 17.7. The molecule has 0 unspecified atom stereocenters. The minimum absolute atomic E-state index is 0.168. The molecule has 148 valence electrons. The summed E-state index contributed by atoms with van der Waals surface area (Å²) in [5, 5.41) is 4.78. The molecule has 0 bridgehead atoms. The van der Waals surface area contributed by atoms with E-state index in [9.17, 15) is 13.2 Å². The second-order valence-corrected chi connectivity index (χ2v) is 9.61. The first-order valence-corrected chi connectivity index (χ1v) is 11.4. The molecule has 3 aromatic rings. The number of carbonyl (C=O) groups excluding carboxylic acids is 1. The molecule has 2 heterocycles. The van der Waals surface area contributed by atoms with Gasteiger partial charge < -0.3 is 5.32 Å². The van der Waals surface area contributed by atoms with Gasteiger partial charge in [-0.15, -0.1) is 11.3 Å². The van der Waals surface area contributed by atoms with Gasteiger partial charge in [0.15, 0.2) is 4.91 Å². The first-order chi connectivity index (χ1) is 13.9. The molecule has 0 atom stereocenters. The van der Waals surface area contributed by atoms with Crippen LogP contribution in [0.5, 0.6) is 0 Å². The lowest BCUT2D eigenvalue weighted by Gasteiger charge is -2.29. The summed E-state index contributed by atoms with van der Waals surface area (Å²) in [5.41, 5.74) is 4.14. The topological polar surface area (TPSA) is 66.5 Å². The number of aryl methyl sites for hydroxylation is 1. The fourth-order valence-electron chi connectivity index (χ4n) is 3.26. The smallest absolute Gasteiger partial charge is 0.270 e. The minimum atomic E-state index is -4.00. The number of benzene rings is 2. The number of thiophene rings is 1. The van der Waals surface area contributed by atoms with E-state index in [0.29, 0.717) is 10.6 Å². The third-order valence-electron chi connectivity index (χ3n) is 5.04. The van der Waals surface area contributed by atoms with Crippen LogP contribution in [0.25, 0.3) is 0 Å². The summed E-state index contributed by atoms with van der Waals surface area (Å²) in [5.74, 6) is -0.475. The van der Waals surface area contributed by atoms with Crippen molar-refractivity contribution in [1.29, 1.82) is 0 Å². The SMILES string of the molecule is Cc1cccc(NC=C2C(=O)c3sccc3N(Cc3ccccc3)S2(=O)=O)c1C. The Balaban J connectivity index is 1.77. The average Bonchev–Trinajstić information content (AvgIpc) is 3.18. The molecule has 0 amide bonds. The molecule has 5 nitrogen and oxygen atoms in total. The predicted molar refractivity (Wildman–Crippen MR) is 118 cm³/mol. The fourth-order valence-corrected chi connectivity index (χ4v) is 5.74. The van der Waals surface area contributed by atoms with Crippen molar-refractivity contribution in [2.75, 3.05) is 9.62 Å². The van der Waals surface area contributed by atoms with E-state index in [0.717, 1.165) is 22.4 Å². The summed E-state index contributed by atoms with van der Waals surface area (Å²) in [6.45, 7) is 4.10. The molecule has 1 aliphatic rings. The Hall–Kier alpha value is -2.90. The van der Waals surface area contributed by atoms with Crippen LogP contribution in [0.1, 0.15) is 26.4 Å². The molecule has 0 radical (unpaired) electrons. The molecule has 0 saturated carbocycles. The zero-order chi connectivity index (χ0) is 20.6. The van der Waals surface area contributed by atoms with E-state index in [1.165, 1.54) is 21.8 Å². The van der Waals surface area contributed by atoms with Gasteiger partial charge in [-0.25, -0.2) is 8.42 Å². The Morgan fingerprint density at radius 3 is 2.55 bits per heavy atom. The monoisotopic (exact) mass is 424 g/mol.